The molecular weight excluding hydrogens is 436 g/mol. The van der Waals surface area contributed by atoms with E-state index in [1.165, 1.54) is 11.1 Å². The maximum atomic E-state index is 13.0. The van der Waals surface area contributed by atoms with Crippen LogP contribution in [-0.4, -0.2) is 25.1 Å². The number of hydrogen-bond acceptors (Lipinski definition) is 4. The lowest BCUT2D eigenvalue weighted by molar-refractivity contribution is -0.306. The molecule has 1 fully saturated rings. The van der Waals surface area contributed by atoms with Crippen molar-refractivity contribution in [2.24, 2.45) is 17.6 Å². The largest absolute Gasteiger partial charge is 0.350 e. The molecule has 0 radical (unpaired) electrons. The zero-order valence-corrected chi connectivity index (χ0v) is 20.3. The molecule has 0 aromatic heterocycles. The summed E-state index contributed by atoms with van der Waals surface area (Å²) in [5.74, 6) is 0.705. The Morgan fingerprint density at radius 3 is 2.09 bits per heavy atom. The number of amides is 1. The highest BCUT2D eigenvalue weighted by atomic mass is 17.2. The third-order valence-corrected chi connectivity index (χ3v) is 6.86. The molecule has 5 nitrogen and oxygen atoms in total. The van der Waals surface area contributed by atoms with Gasteiger partial charge < -0.3 is 11.1 Å². The Kier molecular flexibility index (Phi) is 9.47. The third kappa shape index (κ3) is 7.76. The lowest BCUT2D eigenvalue weighted by Gasteiger charge is -2.28. The van der Waals surface area contributed by atoms with Gasteiger partial charge >= 0.3 is 0 Å². The minimum Gasteiger partial charge on any atom is -0.350 e. The number of carbonyl (C=O) groups is 1. The molecule has 1 aliphatic carbocycles. The van der Waals surface area contributed by atoms with Crippen molar-refractivity contribution in [3.05, 3.63) is 96.1 Å². The minimum atomic E-state index is -0.173. The molecule has 1 aliphatic rings. The molecular formula is C30H36N2O3. The van der Waals surface area contributed by atoms with Crippen molar-refractivity contribution in [3.8, 4) is 11.1 Å². The lowest BCUT2D eigenvalue weighted by atomic mass is 9.81. The van der Waals surface area contributed by atoms with E-state index < -0.39 is 0 Å². The highest BCUT2D eigenvalue weighted by molar-refractivity contribution is 5.79. The van der Waals surface area contributed by atoms with Crippen LogP contribution >= 0.6 is 0 Å². The molecule has 184 valence electrons. The zero-order valence-electron chi connectivity index (χ0n) is 20.3. The molecule has 0 spiro atoms. The van der Waals surface area contributed by atoms with Gasteiger partial charge in [-0.25, -0.2) is 9.78 Å². The summed E-state index contributed by atoms with van der Waals surface area (Å²) in [6.07, 6.45) is 4.52. The van der Waals surface area contributed by atoms with Crippen molar-refractivity contribution in [2.75, 3.05) is 13.2 Å². The monoisotopic (exact) mass is 472 g/mol. The molecule has 0 bridgehead atoms. The van der Waals surface area contributed by atoms with Crippen LogP contribution in [0.5, 0.6) is 0 Å². The second-order valence-electron chi connectivity index (χ2n) is 9.46. The molecule has 1 amide bonds. The second-order valence-corrected chi connectivity index (χ2v) is 9.46. The van der Waals surface area contributed by atoms with Gasteiger partial charge in [0.2, 0.25) is 5.91 Å². The van der Waals surface area contributed by atoms with E-state index in [1.807, 2.05) is 48.5 Å². The summed E-state index contributed by atoms with van der Waals surface area (Å²) >= 11 is 0. The Morgan fingerprint density at radius 2 is 1.43 bits per heavy atom. The van der Waals surface area contributed by atoms with Crippen molar-refractivity contribution in [2.45, 2.75) is 44.8 Å². The molecule has 4 rings (SSSR count). The fraction of sp³-hybridized carbons (Fsp3) is 0.367. The molecule has 3 aromatic carbocycles. The lowest BCUT2D eigenvalue weighted by Crippen LogP contribution is -2.44. The van der Waals surface area contributed by atoms with Crippen LogP contribution in [-0.2, 0) is 27.6 Å². The molecule has 0 saturated heterocycles. The molecule has 1 saturated carbocycles. The number of nitrogens with two attached hydrogens (primary N) is 1. The van der Waals surface area contributed by atoms with Crippen LogP contribution in [0.1, 0.15) is 36.8 Å². The highest BCUT2D eigenvalue weighted by Crippen LogP contribution is 2.28. The Labute approximate surface area is 208 Å². The van der Waals surface area contributed by atoms with Gasteiger partial charge in [0.1, 0.15) is 13.2 Å². The van der Waals surface area contributed by atoms with Gasteiger partial charge in [0.25, 0.3) is 0 Å². The van der Waals surface area contributed by atoms with Crippen molar-refractivity contribution < 1.29 is 14.6 Å². The maximum Gasteiger partial charge on any atom is 0.223 e. The third-order valence-electron chi connectivity index (χ3n) is 6.86. The van der Waals surface area contributed by atoms with E-state index in [1.54, 1.807) is 0 Å². The van der Waals surface area contributed by atoms with E-state index in [-0.39, 0.29) is 24.5 Å². The van der Waals surface area contributed by atoms with Gasteiger partial charge in [-0.1, -0.05) is 84.9 Å². The molecule has 1 atom stereocenters. The summed E-state index contributed by atoms with van der Waals surface area (Å²) in [6.45, 7) is 1.37. The first-order chi connectivity index (χ1) is 17.2. The number of hydrogen-bond donors (Lipinski definition) is 2. The van der Waals surface area contributed by atoms with Crippen molar-refractivity contribution >= 4 is 5.91 Å². The van der Waals surface area contributed by atoms with Crippen LogP contribution in [0, 0.1) is 11.8 Å². The quantitative estimate of drug-likeness (QED) is 0.226. The minimum absolute atomic E-state index is 0.0472. The van der Waals surface area contributed by atoms with E-state index in [0.29, 0.717) is 25.5 Å². The SMILES string of the molecule is NC[C@H]1CC[C@H](C(=O)N[C@H](COOCc2ccccc2)Cc2ccc(-c3ccccc3)cc2)CC1. The summed E-state index contributed by atoms with van der Waals surface area (Å²) < 4.78 is 0. The normalized spacial score (nSPS) is 18.7. The van der Waals surface area contributed by atoms with Crippen LogP contribution in [0.4, 0.5) is 0 Å². The summed E-state index contributed by atoms with van der Waals surface area (Å²) in [6, 6.07) is 28.6. The number of benzene rings is 3. The van der Waals surface area contributed by atoms with E-state index >= 15 is 0 Å². The topological polar surface area (TPSA) is 73.6 Å². The zero-order chi connectivity index (χ0) is 24.3. The van der Waals surface area contributed by atoms with Crippen LogP contribution in [0.15, 0.2) is 84.9 Å². The number of rotatable bonds is 11. The second kappa shape index (κ2) is 13.2. The van der Waals surface area contributed by atoms with Crippen molar-refractivity contribution in [1.82, 2.24) is 5.32 Å². The Morgan fingerprint density at radius 1 is 0.800 bits per heavy atom. The Bertz CT molecular complexity index is 1020. The molecule has 0 aliphatic heterocycles. The molecule has 35 heavy (non-hydrogen) atoms. The average molecular weight is 473 g/mol. The molecule has 0 unspecified atom stereocenters. The fourth-order valence-electron chi connectivity index (χ4n) is 4.69. The fourth-order valence-corrected chi connectivity index (χ4v) is 4.69. The summed E-state index contributed by atoms with van der Waals surface area (Å²) in [4.78, 5) is 24.1. The van der Waals surface area contributed by atoms with Crippen molar-refractivity contribution in [1.29, 1.82) is 0 Å². The first kappa shape index (κ1) is 25.1. The van der Waals surface area contributed by atoms with Gasteiger partial charge in [-0.3, -0.25) is 4.79 Å². The van der Waals surface area contributed by atoms with Crippen LogP contribution < -0.4 is 11.1 Å². The standard InChI is InChI=1S/C30H36N2O3/c31-20-24-13-17-28(18-14-24)30(33)32-29(22-35-34-21-25-7-3-1-4-8-25)19-23-11-15-27(16-12-23)26-9-5-2-6-10-26/h1-12,15-16,24,28-29H,13-14,17-22,31H2,(H,32,33)/t24-,28-,29-/m0/s1. The maximum absolute atomic E-state index is 13.0. The number of nitrogens with one attached hydrogen (secondary N) is 1. The average Bonchev–Trinajstić information content (AvgIpc) is 2.92. The van der Waals surface area contributed by atoms with E-state index in [0.717, 1.165) is 36.8 Å². The van der Waals surface area contributed by atoms with Gasteiger partial charge in [0.05, 0.1) is 6.04 Å². The molecule has 5 heteroatoms. The van der Waals surface area contributed by atoms with Crippen LogP contribution in [0.25, 0.3) is 11.1 Å². The van der Waals surface area contributed by atoms with E-state index in [2.05, 4.69) is 41.7 Å². The van der Waals surface area contributed by atoms with Gasteiger partial charge in [-0.15, -0.1) is 0 Å². The summed E-state index contributed by atoms with van der Waals surface area (Å²) in [5, 5.41) is 3.24. The number of carbonyl (C=O) groups excluding carboxylic acids is 1. The first-order valence-corrected chi connectivity index (χ1v) is 12.6. The van der Waals surface area contributed by atoms with E-state index in [9.17, 15) is 4.79 Å². The highest BCUT2D eigenvalue weighted by Gasteiger charge is 2.27. The predicted molar refractivity (Wildman–Crippen MR) is 139 cm³/mol. The summed E-state index contributed by atoms with van der Waals surface area (Å²) in [5.41, 5.74) is 10.4. The van der Waals surface area contributed by atoms with Crippen LogP contribution in [0.2, 0.25) is 0 Å². The van der Waals surface area contributed by atoms with Crippen LogP contribution in [0.3, 0.4) is 0 Å². The Balaban J connectivity index is 1.35. The van der Waals surface area contributed by atoms with Crippen molar-refractivity contribution in [3.63, 3.8) is 0 Å². The van der Waals surface area contributed by atoms with Gasteiger partial charge in [0, 0.05) is 5.92 Å². The molecule has 0 heterocycles. The predicted octanol–water partition coefficient (Wildman–Crippen LogP) is 5.29. The smallest absolute Gasteiger partial charge is 0.223 e. The molecule has 3 N–H and O–H groups in total. The first-order valence-electron chi connectivity index (χ1n) is 12.6. The van der Waals surface area contributed by atoms with Gasteiger partial charge in [-0.2, -0.15) is 0 Å². The van der Waals surface area contributed by atoms with Gasteiger partial charge in [0.15, 0.2) is 0 Å². The van der Waals surface area contributed by atoms with E-state index in [4.69, 9.17) is 15.5 Å². The summed E-state index contributed by atoms with van der Waals surface area (Å²) in [7, 11) is 0. The van der Waals surface area contributed by atoms with Gasteiger partial charge in [-0.05, 0) is 66.8 Å². The molecule has 3 aromatic rings. The Hall–Kier alpha value is -2.99.